The Hall–Kier alpha value is -3.60. The molecule has 2 aromatic carbocycles. The number of nitrogens with one attached hydrogen (secondary N) is 1. The molecule has 0 aliphatic carbocycles. The van der Waals surface area contributed by atoms with Gasteiger partial charge in [0.05, 0.1) is 33.7 Å². The molecule has 0 atom stereocenters. The Bertz CT molecular complexity index is 1210. The van der Waals surface area contributed by atoms with Crippen LogP contribution in [0.15, 0.2) is 41.2 Å². The van der Waals surface area contributed by atoms with Crippen LogP contribution in [0.25, 0.3) is 10.9 Å². The highest BCUT2D eigenvalue weighted by atomic mass is 35.5. The first-order valence-electron chi connectivity index (χ1n) is 8.18. The Morgan fingerprint density at radius 1 is 1.17 bits per heavy atom. The standard InChI is InChI=1S/C18H12ClF3N4O4/c19-13-11(6-5-10-12(13)14(27)25-17(23)24-10)26(16(30)18(20,21)22)7-8-1-3-9(4-2-8)15(28)29/h1-6H,7H2,(H,28,29)(H3,23,24,25,27). The lowest BCUT2D eigenvalue weighted by atomic mass is 10.1. The minimum Gasteiger partial charge on any atom is -0.478 e. The van der Waals surface area contributed by atoms with E-state index in [4.69, 9.17) is 22.4 Å². The third kappa shape index (κ3) is 4.06. The summed E-state index contributed by atoms with van der Waals surface area (Å²) in [5.74, 6) is -3.64. The molecule has 30 heavy (non-hydrogen) atoms. The Morgan fingerprint density at radius 3 is 2.37 bits per heavy atom. The van der Waals surface area contributed by atoms with Crippen molar-refractivity contribution in [2.75, 3.05) is 10.6 Å². The highest BCUT2D eigenvalue weighted by Crippen LogP contribution is 2.34. The molecule has 3 aromatic rings. The summed E-state index contributed by atoms with van der Waals surface area (Å²) in [7, 11) is 0. The van der Waals surface area contributed by atoms with Crippen LogP contribution in [0.4, 0.5) is 24.8 Å². The number of aromatic amines is 1. The normalized spacial score (nSPS) is 11.5. The fourth-order valence-corrected chi connectivity index (χ4v) is 3.11. The van der Waals surface area contributed by atoms with Crippen LogP contribution in [-0.2, 0) is 11.3 Å². The largest absolute Gasteiger partial charge is 0.478 e. The number of nitrogen functional groups attached to an aromatic ring is 1. The first kappa shape index (κ1) is 21.1. The molecule has 0 fully saturated rings. The molecule has 156 valence electrons. The number of halogens is 4. The highest BCUT2D eigenvalue weighted by molar-refractivity contribution is 6.38. The predicted molar refractivity (Wildman–Crippen MR) is 102 cm³/mol. The maximum absolute atomic E-state index is 13.2. The molecule has 0 spiro atoms. The van der Waals surface area contributed by atoms with Crippen molar-refractivity contribution in [3.05, 3.63) is 62.9 Å². The van der Waals surface area contributed by atoms with Gasteiger partial charge in [0.15, 0.2) is 0 Å². The maximum atomic E-state index is 13.2. The minimum atomic E-state index is -5.23. The van der Waals surface area contributed by atoms with E-state index in [-0.39, 0.29) is 33.7 Å². The van der Waals surface area contributed by atoms with Gasteiger partial charge in [0.25, 0.3) is 5.56 Å². The van der Waals surface area contributed by atoms with Crippen LogP contribution in [0.5, 0.6) is 0 Å². The average molecular weight is 441 g/mol. The number of amides is 1. The number of nitrogens with zero attached hydrogens (tertiary/aromatic N) is 2. The van der Waals surface area contributed by atoms with E-state index >= 15 is 0 Å². The lowest BCUT2D eigenvalue weighted by Crippen LogP contribution is -2.41. The van der Waals surface area contributed by atoms with Crippen molar-refractivity contribution in [3.63, 3.8) is 0 Å². The lowest BCUT2D eigenvalue weighted by molar-refractivity contribution is -0.170. The van der Waals surface area contributed by atoms with Gasteiger partial charge < -0.3 is 10.8 Å². The van der Waals surface area contributed by atoms with E-state index in [9.17, 15) is 27.6 Å². The van der Waals surface area contributed by atoms with Crippen LogP contribution in [-0.4, -0.2) is 33.1 Å². The number of hydrogen-bond acceptors (Lipinski definition) is 5. The van der Waals surface area contributed by atoms with Gasteiger partial charge in [-0.15, -0.1) is 0 Å². The van der Waals surface area contributed by atoms with Crippen LogP contribution in [0.1, 0.15) is 15.9 Å². The van der Waals surface area contributed by atoms with Gasteiger partial charge in [-0.25, -0.2) is 9.78 Å². The van der Waals surface area contributed by atoms with Crippen molar-refractivity contribution in [2.24, 2.45) is 0 Å². The Balaban J connectivity index is 2.13. The number of rotatable bonds is 4. The molecule has 0 bridgehead atoms. The van der Waals surface area contributed by atoms with Gasteiger partial charge in [-0.2, -0.15) is 13.2 Å². The summed E-state index contributed by atoms with van der Waals surface area (Å²) in [6.07, 6.45) is -5.23. The van der Waals surface area contributed by atoms with Gasteiger partial charge in [0, 0.05) is 0 Å². The van der Waals surface area contributed by atoms with Crippen LogP contribution in [0.3, 0.4) is 0 Å². The number of aromatic carboxylic acids is 1. The highest BCUT2D eigenvalue weighted by Gasteiger charge is 2.43. The Labute approximate surface area is 170 Å². The summed E-state index contributed by atoms with van der Waals surface area (Å²) in [5, 5.41) is 8.29. The summed E-state index contributed by atoms with van der Waals surface area (Å²) < 4.78 is 39.7. The van der Waals surface area contributed by atoms with Crippen LogP contribution in [0.2, 0.25) is 5.02 Å². The molecule has 0 aliphatic rings. The molecular weight excluding hydrogens is 429 g/mol. The molecule has 1 amide bonds. The first-order chi connectivity index (χ1) is 14.0. The van der Waals surface area contributed by atoms with E-state index in [1.54, 1.807) is 0 Å². The van der Waals surface area contributed by atoms with Gasteiger partial charge >= 0.3 is 18.1 Å². The first-order valence-corrected chi connectivity index (χ1v) is 8.55. The van der Waals surface area contributed by atoms with Crippen LogP contribution >= 0.6 is 11.6 Å². The second-order valence-corrected chi connectivity index (χ2v) is 6.51. The number of carboxylic acids is 1. The van der Waals surface area contributed by atoms with E-state index in [1.165, 1.54) is 30.3 Å². The van der Waals surface area contributed by atoms with Crippen LogP contribution < -0.4 is 16.2 Å². The van der Waals surface area contributed by atoms with Crippen molar-refractivity contribution in [1.82, 2.24) is 9.97 Å². The molecule has 4 N–H and O–H groups in total. The molecule has 0 saturated heterocycles. The van der Waals surface area contributed by atoms with E-state index in [0.29, 0.717) is 4.90 Å². The molecule has 0 unspecified atom stereocenters. The predicted octanol–water partition coefficient (Wildman–Crippen LogP) is 2.95. The molecule has 0 radical (unpaired) electrons. The summed E-state index contributed by atoms with van der Waals surface area (Å²) in [4.78, 5) is 41.6. The molecule has 1 heterocycles. The topological polar surface area (TPSA) is 129 Å². The fourth-order valence-electron chi connectivity index (χ4n) is 2.76. The quantitative estimate of drug-likeness (QED) is 0.572. The Kier molecular flexibility index (Phi) is 5.40. The van der Waals surface area contributed by atoms with Crippen molar-refractivity contribution in [3.8, 4) is 0 Å². The fraction of sp³-hybridized carbons (Fsp3) is 0.111. The zero-order valence-corrected chi connectivity index (χ0v) is 15.6. The van der Waals surface area contributed by atoms with Crippen LogP contribution in [0, 0.1) is 0 Å². The third-order valence-electron chi connectivity index (χ3n) is 4.13. The number of hydrogen-bond donors (Lipinski definition) is 3. The zero-order chi connectivity index (χ0) is 22.2. The summed E-state index contributed by atoms with van der Waals surface area (Å²) in [6, 6.07) is 7.24. The van der Waals surface area contributed by atoms with Gasteiger partial charge in [-0.05, 0) is 29.8 Å². The smallest absolute Gasteiger partial charge is 0.471 e. The number of anilines is 2. The monoisotopic (exact) mass is 440 g/mol. The second-order valence-electron chi connectivity index (χ2n) is 6.14. The van der Waals surface area contributed by atoms with Crippen molar-refractivity contribution < 1.29 is 27.9 Å². The molecule has 0 saturated carbocycles. The molecule has 12 heteroatoms. The number of carboxylic acid groups (broad SMARTS) is 1. The van der Waals surface area contributed by atoms with E-state index in [0.717, 1.165) is 6.07 Å². The molecular formula is C18H12ClF3N4O4. The number of alkyl halides is 3. The summed E-state index contributed by atoms with van der Waals surface area (Å²) in [5.41, 5.74) is 4.46. The number of carbonyl (C=O) groups excluding carboxylic acids is 1. The maximum Gasteiger partial charge on any atom is 0.471 e. The van der Waals surface area contributed by atoms with Crippen molar-refractivity contribution in [1.29, 1.82) is 0 Å². The van der Waals surface area contributed by atoms with E-state index in [1.807, 2.05) is 0 Å². The third-order valence-corrected chi connectivity index (χ3v) is 4.51. The van der Waals surface area contributed by atoms with Crippen molar-refractivity contribution in [2.45, 2.75) is 12.7 Å². The minimum absolute atomic E-state index is 0.0372. The van der Waals surface area contributed by atoms with E-state index in [2.05, 4.69) is 9.97 Å². The second kappa shape index (κ2) is 7.67. The zero-order valence-electron chi connectivity index (χ0n) is 14.8. The molecule has 3 rings (SSSR count). The van der Waals surface area contributed by atoms with E-state index < -0.39 is 35.2 Å². The number of carbonyl (C=O) groups is 2. The molecule has 1 aromatic heterocycles. The summed E-state index contributed by atoms with van der Waals surface area (Å²) in [6.45, 7) is -0.580. The van der Waals surface area contributed by atoms with Gasteiger partial charge in [-0.1, -0.05) is 23.7 Å². The Morgan fingerprint density at radius 2 is 1.80 bits per heavy atom. The van der Waals surface area contributed by atoms with Gasteiger partial charge in [0.1, 0.15) is 0 Å². The number of nitrogens with two attached hydrogens (primary N) is 1. The number of fused-ring (bicyclic) bond motifs is 1. The molecule has 0 aliphatic heterocycles. The number of H-pyrrole nitrogens is 1. The summed E-state index contributed by atoms with van der Waals surface area (Å²) >= 11 is 6.18. The lowest BCUT2D eigenvalue weighted by Gasteiger charge is -2.25. The number of benzene rings is 2. The average Bonchev–Trinajstić information content (AvgIpc) is 2.65. The van der Waals surface area contributed by atoms with Crippen molar-refractivity contribution >= 4 is 46.0 Å². The van der Waals surface area contributed by atoms with Gasteiger partial charge in [-0.3, -0.25) is 19.5 Å². The van der Waals surface area contributed by atoms with Gasteiger partial charge in [0.2, 0.25) is 5.95 Å². The number of aromatic nitrogens is 2. The SMILES string of the molecule is Nc1nc2ccc(N(Cc3ccc(C(=O)O)cc3)C(=O)C(F)(F)F)c(Cl)c2c(=O)[nH]1. The molecule has 8 nitrogen and oxygen atoms in total.